The summed E-state index contributed by atoms with van der Waals surface area (Å²) in [6.45, 7) is 3.08. The van der Waals surface area contributed by atoms with Crippen molar-refractivity contribution in [1.29, 1.82) is 0 Å². The molecule has 0 unspecified atom stereocenters. The first-order valence-electron chi connectivity index (χ1n) is 6.82. The Hall–Kier alpha value is -1.13. The van der Waals surface area contributed by atoms with Crippen molar-refractivity contribution >= 4 is 5.82 Å². The van der Waals surface area contributed by atoms with Crippen LogP contribution < -0.4 is 10.6 Å². The van der Waals surface area contributed by atoms with Crippen LogP contribution in [0.25, 0.3) is 0 Å². The first kappa shape index (κ1) is 13.3. The Kier molecular flexibility index (Phi) is 4.55. The van der Waals surface area contributed by atoms with E-state index in [0.717, 1.165) is 24.3 Å². The summed E-state index contributed by atoms with van der Waals surface area (Å²) in [5.74, 6) is 1.01. The molecule has 4 heteroatoms. The molecule has 1 aliphatic carbocycles. The summed E-state index contributed by atoms with van der Waals surface area (Å²) in [5.41, 5.74) is 7.12. The first-order valence-corrected chi connectivity index (χ1v) is 6.82. The minimum atomic E-state index is -0.00889. The number of hydrogen-bond acceptors (Lipinski definition) is 4. The van der Waals surface area contributed by atoms with Crippen molar-refractivity contribution in [2.45, 2.75) is 44.7 Å². The number of nitrogens with two attached hydrogens (primary N) is 1. The van der Waals surface area contributed by atoms with Gasteiger partial charge in [0.2, 0.25) is 0 Å². The average molecular weight is 249 g/mol. The number of nitrogens with zero attached hydrogens (tertiary/aromatic N) is 2. The van der Waals surface area contributed by atoms with Crippen LogP contribution in [0.4, 0.5) is 5.82 Å². The van der Waals surface area contributed by atoms with Crippen LogP contribution in [0.1, 0.15) is 44.2 Å². The molecule has 0 aromatic carbocycles. The molecule has 1 saturated carbocycles. The van der Waals surface area contributed by atoms with Crippen molar-refractivity contribution < 1.29 is 5.11 Å². The molecule has 100 valence electrons. The maximum Gasteiger partial charge on any atom is 0.133 e. The van der Waals surface area contributed by atoms with Crippen LogP contribution in [0, 0.1) is 0 Å². The lowest BCUT2D eigenvalue weighted by Gasteiger charge is -2.39. The predicted octanol–water partition coefficient (Wildman–Crippen LogP) is 1.84. The van der Waals surface area contributed by atoms with E-state index in [-0.39, 0.29) is 12.6 Å². The van der Waals surface area contributed by atoms with E-state index < -0.39 is 0 Å². The van der Waals surface area contributed by atoms with E-state index in [4.69, 9.17) is 10.8 Å². The molecule has 0 amide bonds. The molecule has 2 rings (SSSR count). The summed E-state index contributed by atoms with van der Waals surface area (Å²) in [6.07, 6.45) is 6.35. The summed E-state index contributed by atoms with van der Waals surface area (Å²) in [6, 6.07) is 4.56. The molecular formula is C14H23N3O. The monoisotopic (exact) mass is 249 g/mol. The zero-order chi connectivity index (χ0) is 13.0. The summed E-state index contributed by atoms with van der Waals surface area (Å²) >= 11 is 0. The predicted molar refractivity (Wildman–Crippen MR) is 73.5 cm³/mol. The lowest BCUT2D eigenvalue weighted by Crippen LogP contribution is -2.42. The lowest BCUT2D eigenvalue weighted by atomic mass is 9.90. The van der Waals surface area contributed by atoms with Crippen LogP contribution >= 0.6 is 0 Å². The second-order valence-electron chi connectivity index (χ2n) is 5.06. The number of rotatable bonds is 6. The Labute approximate surface area is 109 Å². The van der Waals surface area contributed by atoms with Gasteiger partial charge in [0.1, 0.15) is 5.82 Å². The number of aliphatic hydroxyl groups excluding tert-OH is 1. The van der Waals surface area contributed by atoms with E-state index in [0.29, 0.717) is 6.04 Å². The topological polar surface area (TPSA) is 62.4 Å². The molecule has 0 radical (unpaired) electrons. The van der Waals surface area contributed by atoms with Gasteiger partial charge in [-0.25, -0.2) is 4.98 Å². The molecule has 1 heterocycles. The van der Waals surface area contributed by atoms with E-state index in [1.165, 1.54) is 19.3 Å². The van der Waals surface area contributed by atoms with E-state index in [1.54, 1.807) is 0 Å². The average Bonchev–Trinajstić information content (AvgIpc) is 2.32. The highest BCUT2D eigenvalue weighted by molar-refractivity contribution is 5.49. The fourth-order valence-electron chi connectivity index (χ4n) is 2.41. The standard InChI is InChI=1S/C14H23N3O/c1-11(15)13-7-3-8-16-14(13)17(9-4-10-18)12-5-2-6-12/h3,7-8,11-12,18H,2,4-6,9-10,15H2,1H3/t11-/m0/s1. The third kappa shape index (κ3) is 2.82. The highest BCUT2D eigenvalue weighted by Gasteiger charge is 2.27. The molecule has 1 aromatic heterocycles. The van der Waals surface area contributed by atoms with Gasteiger partial charge in [0.05, 0.1) is 0 Å². The van der Waals surface area contributed by atoms with Crippen molar-refractivity contribution in [1.82, 2.24) is 4.98 Å². The Morgan fingerprint density at radius 1 is 1.56 bits per heavy atom. The molecule has 18 heavy (non-hydrogen) atoms. The van der Waals surface area contributed by atoms with Gasteiger partial charge in [-0.15, -0.1) is 0 Å². The number of aliphatic hydroxyl groups is 1. The van der Waals surface area contributed by atoms with Crippen LogP contribution in [-0.2, 0) is 0 Å². The van der Waals surface area contributed by atoms with Gasteiger partial charge < -0.3 is 15.7 Å². The molecule has 0 saturated heterocycles. The maximum atomic E-state index is 9.04. The molecule has 0 spiro atoms. The Morgan fingerprint density at radius 3 is 2.89 bits per heavy atom. The van der Waals surface area contributed by atoms with Crippen molar-refractivity contribution in [3.8, 4) is 0 Å². The number of hydrogen-bond donors (Lipinski definition) is 2. The summed E-state index contributed by atoms with van der Waals surface area (Å²) in [4.78, 5) is 6.85. The van der Waals surface area contributed by atoms with Gasteiger partial charge in [0.15, 0.2) is 0 Å². The Balaban J connectivity index is 2.23. The third-order valence-electron chi connectivity index (χ3n) is 3.65. The largest absolute Gasteiger partial charge is 0.396 e. The third-order valence-corrected chi connectivity index (χ3v) is 3.65. The lowest BCUT2D eigenvalue weighted by molar-refractivity contribution is 0.282. The fraction of sp³-hybridized carbons (Fsp3) is 0.643. The van der Waals surface area contributed by atoms with E-state index >= 15 is 0 Å². The molecule has 4 nitrogen and oxygen atoms in total. The molecule has 1 fully saturated rings. The molecule has 0 aliphatic heterocycles. The quantitative estimate of drug-likeness (QED) is 0.807. The molecule has 3 N–H and O–H groups in total. The van der Waals surface area contributed by atoms with Gasteiger partial charge in [-0.3, -0.25) is 0 Å². The van der Waals surface area contributed by atoms with Crippen LogP contribution in [0.2, 0.25) is 0 Å². The second kappa shape index (κ2) is 6.16. The van der Waals surface area contributed by atoms with Crippen molar-refractivity contribution in [2.75, 3.05) is 18.1 Å². The van der Waals surface area contributed by atoms with E-state index in [9.17, 15) is 0 Å². The van der Waals surface area contributed by atoms with Gasteiger partial charge in [-0.1, -0.05) is 6.07 Å². The summed E-state index contributed by atoms with van der Waals surface area (Å²) in [7, 11) is 0. The van der Waals surface area contributed by atoms with Gasteiger partial charge in [0, 0.05) is 37.0 Å². The summed E-state index contributed by atoms with van der Waals surface area (Å²) in [5, 5.41) is 9.04. The Morgan fingerprint density at radius 2 is 2.33 bits per heavy atom. The van der Waals surface area contributed by atoms with Crippen LogP contribution in [0.3, 0.4) is 0 Å². The van der Waals surface area contributed by atoms with Crippen molar-refractivity contribution in [3.63, 3.8) is 0 Å². The summed E-state index contributed by atoms with van der Waals surface area (Å²) < 4.78 is 0. The zero-order valence-electron chi connectivity index (χ0n) is 11.0. The van der Waals surface area contributed by atoms with Gasteiger partial charge in [-0.2, -0.15) is 0 Å². The normalized spacial score (nSPS) is 17.3. The van der Waals surface area contributed by atoms with Crippen LogP contribution in [0.15, 0.2) is 18.3 Å². The van der Waals surface area contributed by atoms with E-state index in [2.05, 4.69) is 16.0 Å². The first-order chi connectivity index (χ1) is 8.74. The molecule has 1 aliphatic rings. The van der Waals surface area contributed by atoms with Crippen molar-refractivity contribution in [3.05, 3.63) is 23.9 Å². The Bertz CT molecular complexity index is 377. The smallest absolute Gasteiger partial charge is 0.133 e. The van der Waals surface area contributed by atoms with Crippen molar-refractivity contribution in [2.24, 2.45) is 5.73 Å². The SMILES string of the molecule is C[C@H](N)c1cccnc1N(CCCO)C1CCC1. The van der Waals surface area contributed by atoms with Crippen LogP contribution in [0.5, 0.6) is 0 Å². The number of aromatic nitrogens is 1. The molecule has 1 aromatic rings. The minimum Gasteiger partial charge on any atom is -0.396 e. The van der Waals surface area contributed by atoms with Crippen LogP contribution in [-0.4, -0.2) is 29.3 Å². The highest BCUT2D eigenvalue weighted by atomic mass is 16.3. The number of anilines is 1. The zero-order valence-corrected chi connectivity index (χ0v) is 11.0. The fourth-order valence-corrected chi connectivity index (χ4v) is 2.41. The second-order valence-corrected chi connectivity index (χ2v) is 5.06. The highest BCUT2D eigenvalue weighted by Crippen LogP contribution is 2.32. The molecule has 1 atom stereocenters. The van der Waals surface area contributed by atoms with Gasteiger partial charge in [-0.05, 0) is 38.7 Å². The van der Waals surface area contributed by atoms with Gasteiger partial charge in [0.25, 0.3) is 0 Å². The molecule has 0 bridgehead atoms. The van der Waals surface area contributed by atoms with Gasteiger partial charge >= 0.3 is 0 Å². The number of pyridine rings is 1. The maximum absolute atomic E-state index is 9.04. The minimum absolute atomic E-state index is 0.00889. The molecular weight excluding hydrogens is 226 g/mol. The van der Waals surface area contributed by atoms with E-state index in [1.807, 2.05) is 19.2 Å².